The molecule has 0 bridgehead atoms. The normalized spacial score (nSPS) is 13.6. The van der Waals surface area contributed by atoms with Crippen LogP contribution in [0, 0.1) is 0 Å². The third-order valence-electron chi connectivity index (χ3n) is 11.3. The van der Waals surface area contributed by atoms with E-state index in [0.717, 1.165) is 67.0 Å². The molecule has 12 rings (SSSR count). The second kappa shape index (κ2) is 10.7. The Morgan fingerprint density at radius 3 is 1.92 bits per heavy atom. The smallest absolute Gasteiger partial charge is 0.144 e. The Bertz CT molecular complexity index is 3070. The van der Waals surface area contributed by atoms with Gasteiger partial charge >= 0.3 is 0 Å². The summed E-state index contributed by atoms with van der Waals surface area (Å²) in [7, 11) is 0. The Hall–Kier alpha value is -6.62. The van der Waals surface area contributed by atoms with E-state index in [1.165, 1.54) is 37.0 Å². The van der Waals surface area contributed by atoms with Gasteiger partial charge in [-0.25, -0.2) is 0 Å². The summed E-state index contributed by atoms with van der Waals surface area (Å²) in [6.07, 6.45) is 0. The summed E-state index contributed by atoms with van der Waals surface area (Å²) in [6.45, 7) is 0. The molecule has 0 fully saturated rings. The van der Waals surface area contributed by atoms with Crippen LogP contribution in [0.5, 0.6) is 11.5 Å². The quantitative estimate of drug-likeness (QED) is 0.184. The van der Waals surface area contributed by atoms with Gasteiger partial charge in [0.25, 0.3) is 0 Å². The molecular formula is C49H29NO2S. The van der Waals surface area contributed by atoms with Crippen molar-refractivity contribution < 1.29 is 9.15 Å². The zero-order valence-corrected chi connectivity index (χ0v) is 29.2. The Kier molecular flexibility index (Phi) is 5.86. The van der Waals surface area contributed by atoms with Gasteiger partial charge in [0.05, 0.1) is 15.8 Å². The summed E-state index contributed by atoms with van der Waals surface area (Å²) in [5.41, 5.74) is 11.9. The van der Waals surface area contributed by atoms with E-state index in [1.54, 1.807) is 0 Å². The molecule has 4 heteroatoms. The van der Waals surface area contributed by atoms with Gasteiger partial charge in [0.1, 0.15) is 22.7 Å². The van der Waals surface area contributed by atoms with Gasteiger partial charge < -0.3 is 14.1 Å². The summed E-state index contributed by atoms with van der Waals surface area (Å²) in [4.78, 5) is 2.43. The predicted molar refractivity (Wildman–Crippen MR) is 219 cm³/mol. The van der Waals surface area contributed by atoms with Gasteiger partial charge in [0.2, 0.25) is 0 Å². The molecular weight excluding hydrogens is 667 g/mol. The summed E-state index contributed by atoms with van der Waals surface area (Å²) in [6, 6.07) is 63.3. The lowest BCUT2D eigenvalue weighted by Gasteiger charge is -2.40. The maximum absolute atomic E-state index is 6.82. The van der Waals surface area contributed by atoms with Gasteiger partial charge in [-0.1, -0.05) is 121 Å². The highest BCUT2D eigenvalue weighted by Gasteiger charge is 2.51. The molecule has 2 aliphatic rings. The van der Waals surface area contributed by atoms with Crippen LogP contribution in [0.15, 0.2) is 180 Å². The number of anilines is 3. The van der Waals surface area contributed by atoms with Crippen LogP contribution in [0.4, 0.5) is 17.1 Å². The number of ether oxygens (including phenoxy) is 1. The SMILES string of the molecule is c1ccc(N(c2ccc3c(c2)C2(c4ccccc4O3)c3ccccc3-c3ccccc32)c2cc3c4ccccc4oc3c3c2sc2ccccc23)cc1. The molecule has 1 spiro atoms. The van der Waals surface area contributed by atoms with Crippen LogP contribution in [0.25, 0.3) is 53.2 Å². The van der Waals surface area contributed by atoms with E-state index in [9.17, 15) is 0 Å². The number of benzene rings is 8. The lowest BCUT2D eigenvalue weighted by molar-refractivity contribution is 0.436. The second-order valence-electron chi connectivity index (χ2n) is 14.0. The average molecular weight is 696 g/mol. The summed E-state index contributed by atoms with van der Waals surface area (Å²) in [5.74, 6) is 1.76. The molecule has 3 nitrogen and oxygen atoms in total. The van der Waals surface area contributed by atoms with Crippen molar-refractivity contribution in [1.82, 2.24) is 0 Å². The Morgan fingerprint density at radius 1 is 0.472 bits per heavy atom. The van der Waals surface area contributed by atoms with Crippen molar-refractivity contribution in [1.29, 1.82) is 0 Å². The van der Waals surface area contributed by atoms with Crippen LogP contribution in [-0.4, -0.2) is 0 Å². The second-order valence-corrected chi connectivity index (χ2v) is 15.0. The molecule has 0 amide bonds. The van der Waals surface area contributed by atoms with Crippen molar-refractivity contribution in [3.05, 3.63) is 198 Å². The van der Waals surface area contributed by atoms with Gasteiger partial charge in [-0.15, -0.1) is 11.3 Å². The third kappa shape index (κ3) is 3.83. The maximum Gasteiger partial charge on any atom is 0.144 e. The van der Waals surface area contributed by atoms with Crippen molar-refractivity contribution >= 4 is 70.5 Å². The number of furan rings is 1. The molecule has 2 aromatic heterocycles. The molecule has 248 valence electrons. The average Bonchev–Trinajstić information content (AvgIpc) is 3.88. The maximum atomic E-state index is 6.82. The number of para-hydroxylation sites is 3. The van der Waals surface area contributed by atoms with E-state index < -0.39 is 5.41 Å². The van der Waals surface area contributed by atoms with Gasteiger partial charge in [0.15, 0.2) is 0 Å². The summed E-state index contributed by atoms with van der Waals surface area (Å²) < 4.78 is 15.9. The van der Waals surface area contributed by atoms with Gasteiger partial charge in [-0.3, -0.25) is 0 Å². The number of nitrogens with zero attached hydrogens (tertiary/aromatic N) is 1. The molecule has 0 saturated carbocycles. The van der Waals surface area contributed by atoms with Crippen LogP contribution in [0.3, 0.4) is 0 Å². The Morgan fingerprint density at radius 2 is 1.11 bits per heavy atom. The number of rotatable bonds is 3. The number of hydrogen-bond acceptors (Lipinski definition) is 4. The molecule has 10 aromatic rings. The monoisotopic (exact) mass is 695 g/mol. The van der Waals surface area contributed by atoms with Crippen molar-refractivity contribution in [2.24, 2.45) is 0 Å². The van der Waals surface area contributed by atoms with Crippen LogP contribution >= 0.6 is 11.3 Å². The fourth-order valence-corrected chi connectivity index (χ4v) is 10.4. The molecule has 1 aliphatic heterocycles. The highest BCUT2D eigenvalue weighted by molar-refractivity contribution is 7.26. The molecule has 53 heavy (non-hydrogen) atoms. The van der Waals surface area contributed by atoms with Gasteiger partial charge in [0, 0.05) is 48.7 Å². The fourth-order valence-electron chi connectivity index (χ4n) is 9.20. The molecule has 0 atom stereocenters. The standard InChI is InChI=1S/C49H29NO2S/c1-2-14-30(15-3-1)50(41-29-36-34-18-6-11-23-42(34)52-47(36)46-35-19-7-13-25-45(35)53-48(41)46)31-26-27-44-40(28-31)49(39-22-10-12-24-43(39)51-44)37-20-8-4-16-32(37)33-17-5-9-21-38(33)49/h1-29H. The Labute approximate surface area is 309 Å². The molecule has 8 aromatic carbocycles. The van der Waals surface area contributed by atoms with E-state index >= 15 is 0 Å². The lowest BCUT2D eigenvalue weighted by Crippen LogP contribution is -2.32. The van der Waals surface area contributed by atoms with Crippen LogP contribution in [-0.2, 0) is 5.41 Å². The molecule has 1 aliphatic carbocycles. The van der Waals surface area contributed by atoms with Crippen LogP contribution < -0.4 is 9.64 Å². The van der Waals surface area contributed by atoms with Crippen molar-refractivity contribution in [2.45, 2.75) is 5.41 Å². The van der Waals surface area contributed by atoms with E-state index in [2.05, 4.69) is 175 Å². The largest absolute Gasteiger partial charge is 0.457 e. The van der Waals surface area contributed by atoms with E-state index in [-0.39, 0.29) is 0 Å². The first kappa shape index (κ1) is 29.0. The van der Waals surface area contributed by atoms with Crippen molar-refractivity contribution in [3.8, 4) is 22.6 Å². The lowest BCUT2D eigenvalue weighted by atomic mass is 9.66. The third-order valence-corrected chi connectivity index (χ3v) is 12.5. The minimum atomic E-state index is -0.562. The van der Waals surface area contributed by atoms with Crippen molar-refractivity contribution in [3.63, 3.8) is 0 Å². The number of hydrogen-bond donors (Lipinski definition) is 0. The minimum Gasteiger partial charge on any atom is -0.457 e. The van der Waals surface area contributed by atoms with Crippen molar-refractivity contribution in [2.75, 3.05) is 4.90 Å². The summed E-state index contributed by atoms with van der Waals surface area (Å²) in [5, 5.41) is 4.58. The predicted octanol–water partition coefficient (Wildman–Crippen LogP) is 13.9. The first-order valence-electron chi connectivity index (χ1n) is 18.0. The van der Waals surface area contributed by atoms with E-state index in [1.807, 2.05) is 17.4 Å². The number of thiophene rings is 1. The van der Waals surface area contributed by atoms with Crippen LogP contribution in [0.1, 0.15) is 22.3 Å². The zero-order chi connectivity index (χ0) is 34.7. The number of fused-ring (bicyclic) bond motifs is 16. The van der Waals surface area contributed by atoms with Gasteiger partial charge in [-0.05, 0) is 76.9 Å². The topological polar surface area (TPSA) is 25.6 Å². The first-order chi connectivity index (χ1) is 26.3. The highest BCUT2D eigenvalue weighted by Crippen LogP contribution is 2.63. The molecule has 3 heterocycles. The molecule has 0 N–H and O–H groups in total. The van der Waals surface area contributed by atoms with Crippen LogP contribution in [0.2, 0.25) is 0 Å². The van der Waals surface area contributed by atoms with E-state index in [0.29, 0.717) is 0 Å². The first-order valence-corrected chi connectivity index (χ1v) is 18.8. The highest BCUT2D eigenvalue weighted by atomic mass is 32.1. The minimum absolute atomic E-state index is 0.562. The Balaban J connectivity index is 1.20. The zero-order valence-electron chi connectivity index (χ0n) is 28.4. The molecule has 0 radical (unpaired) electrons. The molecule has 0 unspecified atom stereocenters. The van der Waals surface area contributed by atoms with Gasteiger partial charge in [-0.2, -0.15) is 0 Å². The fraction of sp³-hybridized carbons (Fsp3) is 0.0204. The summed E-state index contributed by atoms with van der Waals surface area (Å²) >= 11 is 1.82. The molecule has 0 saturated heterocycles. The van der Waals surface area contributed by atoms with E-state index in [4.69, 9.17) is 9.15 Å².